The Kier molecular flexibility index (Phi) is 7.33. The monoisotopic (exact) mass is 445 g/mol. The van der Waals surface area contributed by atoms with Crippen LogP contribution in [0.2, 0.25) is 0 Å². The van der Waals surface area contributed by atoms with Crippen LogP contribution in [0.15, 0.2) is 40.6 Å². The molecule has 0 aliphatic heterocycles. The molecule has 0 aliphatic rings. The molecule has 0 amide bonds. The first-order valence-electron chi connectivity index (χ1n) is 9.19. The van der Waals surface area contributed by atoms with E-state index in [1.165, 1.54) is 30.6 Å². The van der Waals surface area contributed by atoms with E-state index < -0.39 is 5.25 Å². The van der Waals surface area contributed by atoms with Crippen LogP contribution in [0.4, 0.5) is 0 Å². The van der Waals surface area contributed by atoms with E-state index in [4.69, 9.17) is 9.47 Å². The van der Waals surface area contributed by atoms with Gasteiger partial charge in [0.15, 0.2) is 10.3 Å². The normalized spacial score (nSPS) is 11.9. The molecular weight excluding hydrogens is 422 g/mol. The Labute approximate surface area is 183 Å². The molecule has 1 unspecified atom stereocenters. The van der Waals surface area contributed by atoms with Gasteiger partial charge in [-0.15, -0.1) is 10.2 Å². The second-order valence-corrected chi connectivity index (χ2v) is 8.69. The summed E-state index contributed by atoms with van der Waals surface area (Å²) in [5, 5.41) is 9.57. The van der Waals surface area contributed by atoms with Gasteiger partial charge in [0, 0.05) is 17.1 Å². The molecule has 0 spiro atoms. The number of hydrogen-bond acceptors (Lipinski definition) is 9. The first-order chi connectivity index (χ1) is 14.4. The predicted octanol–water partition coefficient (Wildman–Crippen LogP) is 3.63. The lowest BCUT2D eigenvalue weighted by atomic mass is 10.3. The number of hydrogen-bond donors (Lipinski definition) is 0. The fourth-order valence-electron chi connectivity index (χ4n) is 2.72. The average molecular weight is 446 g/mol. The second-order valence-electron chi connectivity index (χ2n) is 6.44. The highest BCUT2D eigenvalue weighted by Gasteiger charge is 2.22. The van der Waals surface area contributed by atoms with Gasteiger partial charge in [-0.3, -0.25) is 9.36 Å². The van der Waals surface area contributed by atoms with E-state index >= 15 is 0 Å². The van der Waals surface area contributed by atoms with Gasteiger partial charge in [-0.1, -0.05) is 23.5 Å². The van der Waals surface area contributed by atoms with Gasteiger partial charge >= 0.3 is 5.97 Å². The Hall–Kier alpha value is -2.59. The van der Waals surface area contributed by atoms with Crippen LogP contribution < -0.4 is 4.74 Å². The Morgan fingerprint density at radius 1 is 1.10 bits per heavy atom. The Bertz CT molecular complexity index is 1000. The maximum Gasteiger partial charge on any atom is 0.318 e. The van der Waals surface area contributed by atoms with Crippen molar-refractivity contribution in [1.82, 2.24) is 24.7 Å². The number of ether oxygens (including phenoxy) is 2. The molecule has 158 valence electrons. The smallest absolute Gasteiger partial charge is 0.318 e. The minimum atomic E-state index is -0.417. The van der Waals surface area contributed by atoms with Gasteiger partial charge in [-0.2, -0.15) is 0 Å². The molecule has 0 saturated heterocycles. The SMILES string of the molecule is COC(=O)C(C)Sc1nnc(CSc2nc(C)cc(C)n2)n1-c1ccc(OC)cc1. The van der Waals surface area contributed by atoms with Gasteiger partial charge in [0.25, 0.3) is 0 Å². The molecule has 3 aromatic rings. The summed E-state index contributed by atoms with van der Waals surface area (Å²) in [6, 6.07) is 9.54. The Morgan fingerprint density at radius 2 is 1.77 bits per heavy atom. The number of carbonyl (C=O) groups excluding carboxylic acids is 1. The average Bonchev–Trinajstić information content (AvgIpc) is 3.13. The minimum Gasteiger partial charge on any atom is -0.497 e. The van der Waals surface area contributed by atoms with Crippen LogP contribution in [0.25, 0.3) is 5.69 Å². The molecule has 0 fully saturated rings. The van der Waals surface area contributed by atoms with E-state index in [0.717, 1.165) is 28.6 Å². The lowest BCUT2D eigenvalue weighted by Crippen LogP contribution is -2.15. The number of esters is 1. The van der Waals surface area contributed by atoms with Crippen LogP contribution in [-0.2, 0) is 15.3 Å². The molecule has 1 aromatic carbocycles. The molecule has 2 aromatic heterocycles. The summed E-state index contributed by atoms with van der Waals surface area (Å²) in [5.41, 5.74) is 2.71. The van der Waals surface area contributed by atoms with Crippen molar-refractivity contribution in [2.75, 3.05) is 14.2 Å². The number of carbonyl (C=O) groups is 1. The molecule has 10 heteroatoms. The Balaban J connectivity index is 1.92. The number of aromatic nitrogens is 5. The number of methoxy groups -OCH3 is 2. The van der Waals surface area contributed by atoms with Crippen LogP contribution in [0.3, 0.4) is 0 Å². The number of nitrogens with zero attached hydrogens (tertiary/aromatic N) is 5. The quantitative estimate of drug-likeness (QED) is 0.293. The number of aryl methyl sites for hydroxylation is 2. The molecule has 0 aliphatic carbocycles. The lowest BCUT2D eigenvalue weighted by Gasteiger charge is -2.13. The van der Waals surface area contributed by atoms with Crippen LogP contribution in [0, 0.1) is 13.8 Å². The fraction of sp³-hybridized carbons (Fsp3) is 0.350. The first kappa shape index (κ1) is 22.1. The molecule has 0 radical (unpaired) electrons. The van der Waals surface area contributed by atoms with Gasteiger partial charge in [-0.25, -0.2) is 9.97 Å². The van der Waals surface area contributed by atoms with Gasteiger partial charge in [0.2, 0.25) is 0 Å². The lowest BCUT2D eigenvalue weighted by molar-refractivity contribution is -0.139. The molecule has 0 saturated carbocycles. The largest absolute Gasteiger partial charge is 0.497 e. The summed E-state index contributed by atoms with van der Waals surface area (Å²) < 4.78 is 12.0. The highest BCUT2D eigenvalue weighted by Crippen LogP contribution is 2.29. The van der Waals surface area contributed by atoms with Crippen molar-refractivity contribution in [2.24, 2.45) is 0 Å². The molecule has 1 atom stereocenters. The van der Waals surface area contributed by atoms with E-state index in [1.807, 2.05) is 48.7 Å². The standard InChI is InChI=1S/C20H23N5O3S2/c1-12-10-13(2)22-19(21-12)29-11-17-23-24-20(30-14(3)18(26)28-5)25(17)15-6-8-16(27-4)9-7-15/h6-10,14H,11H2,1-5H3. The molecule has 2 heterocycles. The zero-order valence-electron chi connectivity index (χ0n) is 17.4. The summed E-state index contributed by atoms with van der Waals surface area (Å²) in [6.45, 7) is 5.67. The second kappa shape index (κ2) is 9.94. The number of rotatable bonds is 8. The third kappa shape index (κ3) is 5.31. The fourth-order valence-corrected chi connectivity index (χ4v) is 4.50. The van der Waals surface area contributed by atoms with E-state index in [0.29, 0.717) is 16.1 Å². The third-order valence-corrected chi connectivity index (χ3v) is 6.00. The van der Waals surface area contributed by atoms with E-state index in [9.17, 15) is 4.79 Å². The molecule has 30 heavy (non-hydrogen) atoms. The summed E-state index contributed by atoms with van der Waals surface area (Å²) in [4.78, 5) is 20.8. The molecular formula is C20H23N5O3S2. The summed E-state index contributed by atoms with van der Waals surface area (Å²) >= 11 is 2.79. The summed E-state index contributed by atoms with van der Waals surface area (Å²) in [5.74, 6) is 1.69. The van der Waals surface area contributed by atoms with Crippen LogP contribution in [-0.4, -0.2) is 50.2 Å². The van der Waals surface area contributed by atoms with E-state index in [2.05, 4.69) is 20.2 Å². The van der Waals surface area contributed by atoms with Crippen molar-refractivity contribution in [3.63, 3.8) is 0 Å². The van der Waals surface area contributed by atoms with Crippen molar-refractivity contribution in [1.29, 1.82) is 0 Å². The maximum atomic E-state index is 11.9. The topological polar surface area (TPSA) is 92.0 Å². The Morgan fingerprint density at radius 3 is 2.37 bits per heavy atom. The van der Waals surface area contributed by atoms with Crippen molar-refractivity contribution in [3.8, 4) is 11.4 Å². The van der Waals surface area contributed by atoms with Crippen molar-refractivity contribution in [3.05, 3.63) is 47.5 Å². The van der Waals surface area contributed by atoms with Crippen LogP contribution in [0.1, 0.15) is 24.1 Å². The highest BCUT2D eigenvalue weighted by molar-refractivity contribution is 8.00. The molecule has 8 nitrogen and oxygen atoms in total. The zero-order chi connectivity index (χ0) is 21.7. The minimum absolute atomic E-state index is 0.316. The number of thioether (sulfide) groups is 2. The van der Waals surface area contributed by atoms with Crippen molar-refractivity contribution < 1.29 is 14.3 Å². The van der Waals surface area contributed by atoms with Gasteiger partial charge in [0.1, 0.15) is 16.8 Å². The van der Waals surface area contributed by atoms with E-state index in [-0.39, 0.29) is 5.97 Å². The summed E-state index contributed by atoms with van der Waals surface area (Å²) in [7, 11) is 3.00. The molecule has 3 rings (SSSR count). The molecule has 0 N–H and O–H groups in total. The van der Waals surface area contributed by atoms with Crippen LogP contribution in [0.5, 0.6) is 5.75 Å². The van der Waals surface area contributed by atoms with Gasteiger partial charge < -0.3 is 9.47 Å². The number of benzene rings is 1. The molecule has 0 bridgehead atoms. The predicted molar refractivity (Wildman–Crippen MR) is 116 cm³/mol. The summed E-state index contributed by atoms with van der Waals surface area (Å²) in [6.07, 6.45) is 0. The van der Waals surface area contributed by atoms with E-state index in [1.54, 1.807) is 14.0 Å². The van der Waals surface area contributed by atoms with Crippen molar-refractivity contribution >= 4 is 29.5 Å². The third-order valence-electron chi connectivity index (χ3n) is 4.14. The zero-order valence-corrected chi connectivity index (χ0v) is 19.1. The first-order valence-corrected chi connectivity index (χ1v) is 11.1. The van der Waals surface area contributed by atoms with Gasteiger partial charge in [0.05, 0.1) is 20.0 Å². The maximum absolute atomic E-state index is 11.9. The van der Waals surface area contributed by atoms with Crippen LogP contribution >= 0.6 is 23.5 Å². The highest BCUT2D eigenvalue weighted by atomic mass is 32.2. The van der Waals surface area contributed by atoms with Gasteiger partial charge in [-0.05, 0) is 51.1 Å². The van der Waals surface area contributed by atoms with Crippen molar-refractivity contribution in [2.45, 2.75) is 42.1 Å².